The average Bonchev–Trinajstić information content (AvgIpc) is 2.73. The summed E-state index contributed by atoms with van der Waals surface area (Å²) in [5.74, 6) is -1.17. The number of pyridine rings is 1. The van der Waals surface area contributed by atoms with Gasteiger partial charge in [0.1, 0.15) is 17.2 Å². The summed E-state index contributed by atoms with van der Waals surface area (Å²) in [5.41, 5.74) is 0.587. The van der Waals surface area contributed by atoms with Gasteiger partial charge in [-0.15, -0.1) is 0 Å². The largest absolute Gasteiger partial charge is 0.252 e. The molecule has 0 radical (unpaired) electrons. The van der Waals surface area contributed by atoms with Gasteiger partial charge in [0, 0.05) is 17.1 Å². The minimum absolute atomic E-state index is 0.0171. The van der Waals surface area contributed by atoms with Crippen LogP contribution in [0.25, 0.3) is 22.0 Å². The lowest BCUT2D eigenvalue weighted by atomic mass is 10.0. The number of nitrogens with zero attached hydrogens (tertiary/aromatic N) is 2. The highest BCUT2D eigenvalue weighted by Crippen LogP contribution is 2.37. The highest BCUT2D eigenvalue weighted by Gasteiger charge is 2.25. The predicted molar refractivity (Wildman–Crippen MR) is 104 cm³/mol. The minimum atomic E-state index is -4.13. The van der Waals surface area contributed by atoms with Crippen LogP contribution < -0.4 is 0 Å². The molecule has 0 spiro atoms. The third-order valence-corrected chi connectivity index (χ3v) is 6.25. The molecule has 142 valence electrons. The van der Waals surface area contributed by atoms with Crippen LogP contribution in [0.4, 0.5) is 8.78 Å². The van der Waals surface area contributed by atoms with Gasteiger partial charge in [-0.25, -0.2) is 17.2 Å². The zero-order chi connectivity index (χ0) is 20.6. The number of benzene rings is 3. The molecular formula is C22H12F2N2O2S. The van der Waals surface area contributed by atoms with Crippen molar-refractivity contribution in [3.8, 4) is 17.2 Å². The molecule has 0 N–H and O–H groups in total. The first-order valence-corrected chi connectivity index (χ1v) is 9.98. The number of rotatable bonds is 3. The van der Waals surface area contributed by atoms with E-state index in [-0.39, 0.29) is 37.4 Å². The molecule has 0 unspecified atom stereocenters. The Hall–Kier alpha value is -3.63. The van der Waals surface area contributed by atoms with Crippen LogP contribution in [-0.2, 0) is 9.84 Å². The van der Waals surface area contributed by atoms with Crippen LogP contribution in [0.1, 0.15) is 5.56 Å². The fourth-order valence-corrected chi connectivity index (χ4v) is 4.66. The number of aromatic nitrogens is 1. The van der Waals surface area contributed by atoms with Gasteiger partial charge in [-0.1, -0.05) is 30.3 Å². The quantitative estimate of drug-likeness (QED) is 0.486. The zero-order valence-electron chi connectivity index (χ0n) is 14.8. The highest BCUT2D eigenvalue weighted by atomic mass is 32.2. The second kappa shape index (κ2) is 7.08. The summed E-state index contributed by atoms with van der Waals surface area (Å²) in [6, 6.07) is 17.1. The smallest absolute Gasteiger partial charge is 0.208 e. The second-order valence-corrected chi connectivity index (χ2v) is 8.20. The molecular weight excluding hydrogens is 394 g/mol. The van der Waals surface area contributed by atoms with Crippen molar-refractivity contribution >= 4 is 20.7 Å². The lowest BCUT2D eigenvalue weighted by molar-refractivity contribution is 0.595. The maximum atomic E-state index is 14.3. The summed E-state index contributed by atoms with van der Waals surface area (Å²) in [7, 11) is -4.13. The number of hydrogen-bond acceptors (Lipinski definition) is 4. The van der Waals surface area contributed by atoms with Crippen LogP contribution in [0, 0.1) is 23.0 Å². The molecule has 0 fully saturated rings. The molecule has 0 aliphatic rings. The summed E-state index contributed by atoms with van der Waals surface area (Å²) < 4.78 is 54.9. The standard InChI is InChI=1S/C22H12F2N2O2S/c23-16-6-2-5-15(11-16)21-18-8-3-9-19(24)22(18)26-13-20(21)29(27,28)17-7-1-4-14(10-17)12-25/h1-11,13H. The van der Waals surface area contributed by atoms with E-state index in [4.69, 9.17) is 5.26 Å². The number of hydrogen-bond donors (Lipinski definition) is 0. The minimum Gasteiger partial charge on any atom is -0.252 e. The van der Waals surface area contributed by atoms with Crippen molar-refractivity contribution in [2.45, 2.75) is 9.79 Å². The zero-order valence-corrected chi connectivity index (χ0v) is 15.6. The molecule has 0 bridgehead atoms. The number of sulfone groups is 1. The van der Waals surface area contributed by atoms with E-state index in [0.717, 1.165) is 6.20 Å². The molecule has 29 heavy (non-hydrogen) atoms. The van der Waals surface area contributed by atoms with Crippen molar-refractivity contribution in [2.75, 3.05) is 0 Å². The van der Waals surface area contributed by atoms with Crippen molar-refractivity contribution in [3.63, 3.8) is 0 Å². The monoisotopic (exact) mass is 406 g/mol. The molecule has 4 aromatic rings. The Kier molecular flexibility index (Phi) is 4.57. The van der Waals surface area contributed by atoms with Crippen LogP contribution >= 0.6 is 0 Å². The maximum Gasteiger partial charge on any atom is 0.208 e. The Bertz CT molecular complexity index is 1410. The summed E-state index contributed by atoms with van der Waals surface area (Å²) in [4.78, 5) is 3.71. The first-order chi connectivity index (χ1) is 13.9. The number of para-hydroxylation sites is 1. The van der Waals surface area contributed by atoms with Crippen molar-refractivity contribution in [3.05, 3.63) is 90.1 Å². The van der Waals surface area contributed by atoms with Crippen LogP contribution in [0.5, 0.6) is 0 Å². The van der Waals surface area contributed by atoms with Crippen LogP contribution in [0.2, 0.25) is 0 Å². The van der Waals surface area contributed by atoms with E-state index in [2.05, 4.69) is 4.98 Å². The SMILES string of the molecule is N#Cc1cccc(S(=O)(=O)c2cnc3c(F)cccc3c2-c2cccc(F)c2)c1. The van der Waals surface area contributed by atoms with Crippen molar-refractivity contribution in [1.82, 2.24) is 4.98 Å². The van der Waals surface area contributed by atoms with Crippen molar-refractivity contribution in [2.24, 2.45) is 0 Å². The highest BCUT2D eigenvalue weighted by molar-refractivity contribution is 7.91. The first-order valence-electron chi connectivity index (χ1n) is 8.50. The molecule has 0 aliphatic heterocycles. The van der Waals surface area contributed by atoms with E-state index in [1.807, 2.05) is 6.07 Å². The molecule has 3 aromatic carbocycles. The topological polar surface area (TPSA) is 70.8 Å². The first kappa shape index (κ1) is 18.7. The van der Waals surface area contributed by atoms with Crippen LogP contribution in [0.3, 0.4) is 0 Å². The van der Waals surface area contributed by atoms with Crippen LogP contribution in [0.15, 0.2) is 82.7 Å². The van der Waals surface area contributed by atoms with Gasteiger partial charge in [-0.05, 0) is 42.0 Å². The molecule has 0 saturated carbocycles. The van der Waals surface area contributed by atoms with Gasteiger partial charge in [-0.2, -0.15) is 5.26 Å². The van der Waals surface area contributed by atoms with Crippen molar-refractivity contribution < 1.29 is 17.2 Å². The Morgan fingerprint density at radius 3 is 2.45 bits per heavy atom. The maximum absolute atomic E-state index is 14.3. The van der Waals surface area contributed by atoms with E-state index in [0.29, 0.717) is 0 Å². The molecule has 0 amide bonds. The lowest BCUT2D eigenvalue weighted by Crippen LogP contribution is -2.06. The summed E-state index contributed by atoms with van der Waals surface area (Å²) in [6.45, 7) is 0. The molecule has 1 heterocycles. The molecule has 0 saturated heterocycles. The Labute approximate surface area is 165 Å². The summed E-state index contributed by atoms with van der Waals surface area (Å²) >= 11 is 0. The van der Waals surface area contributed by atoms with E-state index < -0.39 is 21.5 Å². The Balaban J connectivity index is 2.10. The van der Waals surface area contributed by atoms with E-state index in [1.54, 1.807) is 6.07 Å². The van der Waals surface area contributed by atoms with E-state index in [9.17, 15) is 17.2 Å². The fourth-order valence-electron chi connectivity index (χ4n) is 3.17. The van der Waals surface area contributed by atoms with Gasteiger partial charge in [-0.3, -0.25) is 4.98 Å². The molecule has 1 aromatic heterocycles. The Morgan fingerprint density at radius 1 is 0.931 bits per heavy atom. The molecule has 4 nitrogen and oxygen atoms in total. The van der Waals surface area contributed by atoms with E-state index in [1.165, 1.54) is 60.7 Å². The van der Waals surface area contributed by atoms with Crippen molar-refractivity contribution in [1.29, 1.82) is 5.26 Å². The molecule has 4 rings (SSSR count). The predicted octanol–water partition coefficient (Wildman–Crippen LogP) is 4.88. The fraction of sp³-hybridized carbons (Fsp3) is 0. The third-order valence-electron chi connectivity index (χ3n) is 4.49. The van der Waals surface area contributed by atoms with E-state index >= 15 is 0 Å². The molecule has 0 aliphatic carbocycles. The average molecular weight is 406 g/mol. The number of halogens is 2. The van der Waals surface area contributed by atoms with Gasteiger partial charge in [0.15, 0.2) is 0 Å². The third kappa shape index (κ3) is 3.24. The van der Waals surface area contributed by atoms with Gasteiger partial charge in [0.05, 0.1) is 21.4 Å². The van der Waals surface area contributed by atoms with Gasteiger partial charge in [0.2, 0.25) is 9.84 Å². The Morgan fingerprint density at radius 2 is 1.69 bits per heavy atom. The van der Waals surface area contributed by atoms with Gasteiger partial charge in [0.25, 0.3) is 0 Å². The summed E-state index contributed by atoms with van der Waals surface area (Å²) in [5, 5.41) is 9.34. The number of nitriles is 1. The number of fused-ring (bicyclic) bond motifs is 1. The lowest BCUT2D eigenvalue weighted by Gasteiger charge is -2.14. The molecule has 7 heteroatoms. The van der Waals surface area contributed by atoms with Crippen LogP contribution in [-0.4, -0.2) is 13.4 Å². The van der Waals surface area contributed by atoms with Gasteiger partial charge >= 0.3 is 0 Å². The normalized spacial score (nSPS) is 11.3. The van der Waals surface area contributed by atoms with Gasteiger partial charge < -0.3 is 0 Å². The summed E-state index contributed by atoms with van der Waals surface area (Å²) in [6.07, 6.45) is 1.07. The molecule has 0 atom stereocenters. The second-order valence-electron chi connectivity index (χ2n) is 6.29.